The highest BCUT2D eigenvalue weighted by atomic mass is 16.1. The third-order valence-corrected chi connectivity index (χ3v) is 3.40. The standard InChI is InChI=1S/C13H21N5O/c14-4-2-6-17-7-9-18(10-8-17)13-11(12(15)19)3-1-5-16-13/h1,3,5H,2,4,6-10,14H2,(H2,15,19). The summed E-state index contributed by atoms with van der Waals surface area (Å²) in [6.45, 7) is 5.43. The molecule has 4 N–H and O–H groups in total. The Balaban J connectivity index is 2.00. The average molecular weight is 263 g/mol. The summed E-state index contributed by atoms with van der Waals surface area (Å²) >= 11 is 0. The fraction of sp³-hybridized carbons (Fsp3) is 0.538. The third-order valence-electron chi connectivity index (χ3n) is 3.40. The zero-order valence-electron chi connectivity index (χ0n) is 11.1. The van der Waals surface area contributed by atoms with E-state index < -0.39 is 5.91 Å². The summed E-state index contributed by atoms with van der Waals surface area (Å²) in [5.41, 5.74) is 11.4. The molecule has 0 saturated carbocycles. The number of hydrogen-bond donors (Lipinski definition) is 2. The average Bonchev–Trinajstić information content (AvgIpc) is 2.45. The van der Waals surface area contributed by atoms with Gasteiger partial charge in [-0.2, -0.15) is 0 Å². The molecule has 6 nitrogen and oxygen atoms in total. The number of amides is 1. The van der Waals surface area contributed by atoms with Crippen LogP contribution < -0.4 is 16.4 Å². The van der Waals surface area contributed by atoms with Crippen molar-refractivity contribution < 1.29 is 4.79 Å². The Labute approximate surface area is 113 Å². The Kier molecular flexibility index (Phi) is 4.70. The SMILES string of the molecule is NCCCN1CCN(c2ncccc2C(N)=O)CC1. The number of rotatable bonds is 5. The second-order valence-electron chi connectivity index (χ2n) is 4.71. The molecule has 0 unspecified atom stereocenters. The predicted octanol–water partition coefficient (Wildman–Crippen LogP) is -0.349. The van der Waals surface area contributed by atoms with E-state index in [1.165, 1.54) is 0 Å². The quantitative estimate of drug-likeness (QED) is 0.758. The van der Waals surface area contributed by atoms with Crippen molar-refractivity contribution in [3.8, 4) is 0 Å². The molecule has 0 aromatic carbocycles. The number of carbonyl (C=O) groups is 1. The Morgan fingerprint density at radius 3 is 2.68 bits per heavy atom. The summed E-state index contributed by atoms with van der Waals surface area (Å²) < 4.78 is 0. The largest absolute Gasteiger partial charge is 0.365 e. The van der Waals surface area contributed by atoms with Gasteiger partial charge in [-0.25, -0.2) is 4.98 Å². The smallest absolute Gasteiger partial charge is 0.252 e. The monoisotopic (exact) mass is 263 g/mol. The van der Waals surface area contributed by atoms with E-state index in [2.05, 4.69) is 14.8 Å². The first kappa shape index (κ1) is 13.8. The lowest BCUT2D eigenvalue weighted by Crippen LogP contribution is -2.47. The molecule has 1 aromatic rings. The Morgan fingerprint density at radius 2 is 2.05 bits per heavy atom. The first-order valence-electron chi connectivity index (χ1n) is 6.64. The number of aromatic nitrogens is 1. The molecule has 1 saturated heterocycles. The molecule has 2 rings (SSSR count). The maximum atomic E-state index is 11.4. The van der Waals surface area contributed by atoms with E-state index in [4.69, 9.17) is 11.5 Å². The molecule has 1 aromatic heterocycles. The van der Waals surface area contributed by atoms with Gasteiger partial charge in [-0.3, -0.25) is 9.69 Å². The van der Waals surface area contributed by atoms with Crippen molar-refractivity contribution in [1.82, 2.24) is 9.88 Å². The summed E-state index contributed by atoms with van der Waals surface area (Å²) in [4.78, 5) is 20.2. The van der Waals surface area contributed by atoms with E-state index in [9.17, 15) is 4.79 Å². The molecule has 104 valence electrons. The molecule has 1 aliphatic rings. The van der Waals surface area contributed by atoms with Gasteiger partial charge in [-0.15, -0.1) is 0 Å². The van der Waals surface area contributed by atoms with Crippen LogP contribution in [0.4, 0.5) is 5.82 Å². The minimum Gasteiger partial charge on any atom is -0.365 e. The van der Waals surface area contributed by atoms with Gasteiger partial charge in [-0.1, -0.05) is 0 Å². The van der Waals surface area contributed by atoms with Crippen LogP contribution in [0.15, 0.2) is 18.3 Å². The van der Waals surface area contributed by atoms with Crippen LogP contribution in [0.1, 0.15) is 16.8 Å². The lowest BCUT2D eigenvalue weighted by atomic mass is 10.2. The van der Waals surface area contributed by atoms with Crippen molar-refractivity contribution in [2.24, 2.45) is 11.5 Å². The third kappa shape index (κ3) is 3.42. The van der Waals surface area contributed by atoms with Crippen LogP contribution in [0.25, 0.3) is 0 Å². The number of pyridine rings is 1. The number of hydrogen-bond acceptors (Lipinski definition) is 5. The molecular weight excluding hydrogens is 242 g/mol. The molecule has 0 spiro atoms. The highest BCUT2D eigenvalue weighted by Crippen LogP contribution is 2.18. The van der Waals surface area contributed by atoms with Gasteiger partial charge in [0, 0.05) is 32.4 Å². The van der Waals surface area contributed by atoms with Crippen LogP contribution in [0.2, 0.25) is 0 Å². The first-order chi connectivity index (χ1) is 9.22. The van der Waals surface area contributed by atoms with Crippen molar-refractivity contribution in [2.45, 2.75) is 6.42 Å². The van der Waals surface area contributed by atoms with Gasteiger partial charge in [0.25, 0.3) is 5.91 Å². The van der Waals surface area contributed by atoms with Crippen LogP contribution in [0.5, 0.6) is 0 Å². The molecule has 1 aliphatic heterocycles. The minimum absolute atomic E-state index is 0.423. The normalized spacial score (nSPS) is 16.6. The number of anilines is 1. The summed E-state index contributed by atoms with van der Waals surface area (Å²) in [5.74, 6) is 0.280. The Morgan fingerprint density at radius 1 is 1.32 bits per heavy atom. The highest BCUT2D eigenvalue weighted by molar-refractivity contribution is 5.97. The maximum absolute atomic E-state index is 11.4. The van der Waals surface area contributed by atoms with Crippen molar-refractivity contribution in [3.05, 3.63) is 23.9 Å². The predicted molar refractivity (Wildman–Crippen MR) is 75.1 cm³/mol. The number of piperazine rings is 1. The summed E-state index contributed by atoms with van der Waals surface area (Å²) in [6, 6.07) is 3.46. The maximum Gasteiger partial charge on any atom is 0.252 e. The van der Waals surface area contributed by atoms with Crippen LogP contribution >= 0.6 is 0 Å². The van der Waals surface area contributed by atoms with E-state index in [-0.39, 0.29) is 0 Å². The van der Waals surface area contributed by atoms with E-state index in [1.807, 2.05) is 0 Å². The van der Waals surface area contributed by atoms with Crippen molar-refractivity contribution in [1.29, 1.82) is 0 Å². The number of nitrogens with two attached hydrogens (primary N) is 2. The van der Waals surface area contributed by atoms with Gasteiger partial charge in [0.15, 0.2) is 0 Å². The van der Waals surface area contributed by atoms with Crippen LogP contribution in [-0.4, -0.2) is 55.1 Å². The lowest BCUT2D eigenvalue weighted by Gasteiger charge is -2.35. The molecule has 0 radical (unpaired) electrons. The van der Waals surface area contributed by atoms with Gasteiger partial charge in [-0.05, 0) is 31.6 Å². The van der Waals surface area contributed by atoms with Crippen molar-refractivity contribution in [3.63, 3.8) is 0 Å². The van der Waals surface area contributed by atoms with Crippen LogP contribution in [-0.2, 0) is 0 Å². The number of primary amides is 1. The summed E-state index contributed by atoms with van der Waals surface area (Å²) in [6.07, 6.45) is 2.72. The zero-order valence-corrected chi connectivity index (χ0v) is 11.1. The first-order valence-corrected chi connectivity index (χ1v) is 6.64. The summed E-state index contributed by atoms with van der Waals surface area (Å²) in [7, 11) is 0. The van der Waals surface area contributed by atoms with Gasteiger partial charge < -0.3 is 16.4 Å². The Hall–Kier alpha value is -1.66. The minimum atomic E-state index is -0.423. The number of carbonyl (C=O) groups excluding carboxylic acids is 1. The lowest BCUT2D eigenvalue weighted by molar-refractivity contribution is 0.1000. The van der Waals surface area contributed by atoms with Gasteiger partial charge in [0.2, 0.25) is 0 Å². The molecule has 1 fully saturated rings. The van der Waals surface area contributed by atoms with Crippen LogP contribution in [0, 0.1) is 0 Å². The molecule has 1 amide bonds. The topological polar surface area (TPSA) is 88.5 Å². The highest BCUT2D eigenvalue weighted by Gasteiger charge is 2.21. The van der Waals surface area contributed by atoms with Gasteiger partial charge in [0.05, 0.1) is 5.56 Å². The van der Waals surface area contributed by atoms with Crippen LogP contribution in [0.3, 0.4) is 0 Å². The van der Waals surface area contributed by atoms with Gasteiger partial charge in [0.1, 0.15) is 5.82 Å². The second kappa shape index (κ2) is 6.49. The fourth-order valence-electron chi connectivity index (χ4n) is 2.34. The molecule has 0 bridgehead atoms. The van der Waals surface area contributed by atoms with E-state index in [0.29, 0.717) is 11.4 Å². The Bertz CT molecular complexity index is 429. The van der Waals surface area contributed by atoms with E-state index >= 15 is 0 Å². The van der Waals surface area contributed by atoms with E-state index in [1.54, 1.807) is 18.3 Å². The molecule has 2 heterocycles. The molecule has 19 heavy (non-hydrogen) atoms. The second-order valence-corrected chi connectivity index (χ2v) is 4.71. The molecule has 0 atom stereocenters. The zero-order chi connectivity index (χ0) is 13.7. The van der Waals surface area contributed by atoms with Crippen molar-refractivity contribution in [2.75, 3.05) is 44.2 Å². The fourth-order valence-corrected chi connectivity index (χ4v) is 2.34. The summed E-state index contributed by atoms with van der Waals surface area (Å²) in [5, 5.41) is 0. The van der Waals surface area contributed by atoms with Crippen molar-refractivity contribution >= 4 is 11.7 Å². The molecule has 6 heteroatoms. The number of nitrogens with zero attached hydrogens (tertiary/aromatic N) is 3. The van der Waals surface area contributed by atoms with Gasteiger partial charge >= 0.3 is 0 Å². The molecular formula is C13H21N5O. The van der Waals surface area contributed by atoms with E-state index in [0.717, 1.165) is 45.7 Å². The molecule has 0 aliphatic carbocycles.